The molecule has 1 aliphatic rings. The predicted molar refractivity (Wildman–Crippen MR) is 130 cm³/mol. The van der Waals surface area contributed by atoms with Gasteiger partial charge in [-0.3, -0.25) is 4.79 Å². The van der Waals surface area contributed by atoms with E-state index in [2.05, 4.69) is 0 Å². The standard InChI is InChI=1S/C24H31ClN2O5S/c1-5-13-32-23-20(25)15-18(16-22(23)31-4)24(28)27-12-8-9-17-14-19(10-11-21(17)27)33(29,30)26(6-2)7-3/h10-11,14-16H,5-9,12-13H2,1-4H3. The van der Waals surface area contributed by atoms with Gasteiger partial charge in [0.1, 0.15) is 0 Å². The number of anilines is 1. The number of hydrogen-bond donors (Lipinski definition) is 0. The van der Waals surface area contributed by atoms with E-state index in [0.717, 1.165) is 18.4 Å². The molecule has 7 nitrogen and oxygen atoms in total. The molecule has 0 radical (unpaired) electrons. The minimum atomic E-state index is -3.57. The van der Waals surface area contributed by atoms with Gasteiger partial charge in [-0.1, -0.05) is 32.4 Å². The summed E-state index contributed by atoms with van der Waals surface area (Å²) in [5, 5.41) is 0.309. The number of benzene rings is 2. The van der Waals surface area contributed by atoms with Gasteiger partial charge in [0.15, 0.2) is 11.5 Å². The van der Waals surface area contributed by atoms with Crippen molar-refractivity contribution in [2.75, 3.05) is 38.3 Å². The minimum absolute atomic E-state index is 0.224. The Morgan fingerprint density at radius 2 is 1.88 bits per heavy atom. The van der Waals surface area contributed by atoms with Gasteiger partial charge in [-0.05, 0) is 55.2 Å². The second-order valence-corrected chi connectivity index (χ2v) is 10.1. The van der Waals surface area contributed by atoms with Crippen LogP contribution in [-0.4, -0.2) is 52.0 Å². The zero-order chi connectivity index (χ0) is 24.2. The van der Waals surface area contributed by atoms with E-state index in [1.54, 1.807) is 35.2 Å². The average Bonchev–Trinajstić information content (AvgIpc) is 2.82. The van der Waals surface area contributed by atoms with Crippen molar-refractivity contribution in [3.63, 3.8) is 0 Å². The Labute approximate surface area is 201 Å². The molecular weight excluding hydrogens is 464 g/mol. The van der Waals surface area contributed by atoms with Gasteiger partial charge in [-0.15, -0.1) is 0 Å². The highest BCUT2D eigenvalue weighted by Gasteiger charge is 2.28. The number of sulfonamides is 1. The molecule has 0 saturated carbocycles. The monoisotopic (exact) mass is 494 g/mol. The first-order valence-corrected chi connectivity index (χ1v) is 13.0. The van der Waals surface area contributed by atoms with Crippen molar-refractivity contribution in [1.82, 2.24) is 4.31 Å². The number of amides is 1. The summed E-state index contributed by atoms with van der Waals surface area (Å²) >= 11 is 6.41. The normalized spacial score (nSPS) is 13.7. The number of carbonyl (C=O) groups excluding carboxylic acids is 1. The number of fused-ring (bicyclic) bond motifs is 1. The second-order valence-electron chi connectivity index (χ2n) is 7.78. The van der Waals surface area contributed by atoms with Crippen LogP contribution in [0.1, 0.15) is 49.5 Å². The number of ether oxygens (including phenoxy) is 2. The molecule has 0 atom stereocenters. The van der Waals surface area contributed by atoms with E-state index in [-0.39, 0.29) is 10.8 Å². The molecule has 2 aromatic rings. The Balaban J connectivity index is 1.96. The number of rotatable bonds is 9. The summed E-state index contributed by atoms with van der Waals surface area (Å²) in [7, 11) is -2.06. The molecule has 0 N–H and O–H groups in total. The van der Waals surface area contributed by atoms with E-state index >= 15 is 0 Å². The Morgan fingerprint density at radius 3 is 2.52 bits per heavy atom. The predicted octanol–water partition coefficient (Wildman–Crippen LogP) is 4.76. The number of halogens is 1. The minimum Gasteiger partial charge on any atom is -0.493 e. The maximum absolute atomic E-state index is 13.4. The number of methoxy groups -OCH3 is 1. The van der Waals surface area contributed by atoms with Gasteiger partial charge in [-0.2, -0.15) is 4.31 Å². The van der Waals surface area contributed by atoms with Gasteiger partial charge in [0.2, 0.25) is 10.0 Å². The van der Waals surface area contributed by atoms with E-state index < -0.39 is 10.0 Å². The summed E-state index contributed by atoms with van der Waals surface area (Å²) in [4.78, 5) is 15.4. The van der Waals surface area contributed by atoms with Gasteiger partial charge in [0.25, 0.3) is 5.91 Å². The SMILES string of the molecule is CCCOc1c(Cl)cc(C(=O)N2CCCc3cc(S(=O)(=O)N(CC)CC)ccc32)cc1OC. The Hall–Kier alpha value is -2.29. The highest BCUT2D eigenvalue weighted by molar-refractivity contribution is 7.89. The third-order valence-corrected chi connectivity index (χ3v) is 8.01. The zero-order valence-corrected chi connectivity index (χ0v) is 21.1. The molecule has 9 heteroatoms. The summed E-state index contributed by atoms with van der Waals surface area (Å²) < 4.78 is 38.4. The highest BCUT2D eigenvalue weighted by atomic mass is 35.5. The van der Waals surface area contributed by atoms with Gasteiger partial charge in [0, 0.05) is 30.9 Å². The number of aryl methyl sites for hydroxylation is 1. The third kappa shape index (κ3) is 5.13. The van der Waals surface area contributed by atoms with Crippen LogP contribution < -0.4 is 14.4 Å². The lowest BCUT2D eigenvalue weighted by molar-refractivity contribution is 0.0984. The molecule has 1 heterocycles. The fourth-order valence-corrected chi connectivity index (χ4v) is 5.78. The Bertz CT molecular complexity index is 1120. The summed E-state index contributed by atoms with van der Waals surface area (Å²) in [5.41, 5.74) is 1.93. The lowest BCUT2D eigenvalue weighted by Crippen LogP contribution is -2.36. The lowest BCUT2D eigenvalue weighted by Gasteiger charge is -2.30. The van der Waals surface area contributed by atoms with Crippen LogP contribution in [0.2, 0.25) is 5.02 Å². The largest absolute Gasteiger partial charge is 0.493 e. The number of carbonyl (C=O) groups is 1. The van der Waals surface area contributed by atoms with Crippen LogP contribution >= 0.6 is 11.6 Å². The third-order valence-electron chi connectivity index (χ3n) is 5.68. The van der Waals surface area contributed by atoms with Crippen molar-refractivity contribution in [2.24, 2.45) is 0 Å². The molecule has 0 spiro atoms. The molecule has 3 rings (SSSR count). The van der Waals surface area contributed by atoms with E-state index in [1.807, 2.05) is 20.8 Å². The fraction of sp³-hybridized carbons (Fsp3) is 0.458. The molecule has 0 fully saturated rings. The van der Waals surface area contributed by atoms with Gasteiger partial charge >= 0.3 is 0 Å². The summed E-state index contributed by atoms with van der Waals surface area (Å²) in [6.07, 6.45) is 2.25. The van der Waals surface area contributed by atoms with Crippen LogP contribution in [0.15, 0.2) is 35.2 Å². The molecule has 33 heavy (non-hydrogen) atoms. The Morgan fingerprint density at radius 1 is 1.15 bits per heavy atom. The fourth-order valence-electron chi connectivity index (χ4n) is 4.00. The summed E-state index contributed by atoms with van der Waals surface area (Å²) in [6, 6.07) is 8.21. The maximum Gasteiger partial charge on any atom is 0.258 e. The lowest BCUT2D eigenvalue weighted by atomic mass is 10.0. The summed E-state index contributed by atoms with van der Waals surface area (Å²) in [6.45, 7) is 7.45. The van der Waals surface area contributed by atoms with Crippen molar-refractivity contribution < 1.29 is 22.7 Å². The van der Waals surface area contributed by atoms with Crippen molar-refractivity contribution >= 4 is 33.2 Å². The quantitative estimate of drug-likeness (QED) is 0.502. The first-order valence-electron chi connectivity index (χ1n) is 11.2. The van der Waals surface area contributed by atoms with Crippen molar-refractivity contribution in [2.45, 2.75) is 44.9 Å². The van der Waals surface area contributed by atoms with Crippen LogP contribution in [0.3, 0.4) is 0 Å². The molecule has 0 saturated heterocycles. The van der Waals surface area contributed by atoms with Gasteiger partial charge in [-0.25, -0.2) is 8.42 Å². The molecule has 0 bridgehead atoms. The van der Waals surface area contributed by atoms with E-state index in [9.17, 15) is 13.2 Å². The first kappa shape index (κ1) is 25.3. The molecule has 0 aliphatic carbocycles. The molecule has 0 aromatic heterocycles. The molecule has 2 aromatic carbocycles. The number of nitrogens with zero attached hydrogens (tertiary/aromatic N) is 2. The van der Waals surface area contributed by atoms with Crippen LogP contribution in [0.4, 0.5) is 5.69 Å². The van der Waals surface area contributed by atoms with Crippen molar-refractivity contribution in [3.8, 4) is 11.5 Å². The van der Waals surface area contributed by atoms with Crippen molar-refractivity contribution in [3.05, 3.63) is 46.5 Å². The smallest absolute Gasteiger partial charge is 0.258 e. The molecule has 1 amide bonds. The van der Waals surface area contributed by atoms with Crippen LogP contribution in [0, 0.1) is 0 Å². The van der Waals surface area contributed by atoms with E-state index in [0.29, 0.717) is 60.4 Å². The van der Waals surface area contributed by atoms with Crippen molar-refractivity contribution in [1.29, 1.82) is 0 Å². The molecular formula is C24H31ClN2O5S. The van der Waals surface area contributed by atoms with Gasteiger partial charge in [0.05, 0.1) is 23.6 Å². The average molecular weight is 495 g/mol. The first-order chi connectivity index (χ1) is 15.8. The van der Waals surface area contributed by atoms with Crippen LogP contribution in [0.25, 0.3) is 0 Å². The topological polar surface area (TPSA) is 76.2 Å². The van der Waals surface area contributed by atoms with Gasteiger partial charge < -0.3 is 14.4 Å². The Kier molecular flexibility index (Phi) is 8.26. The molecule has 1 aliphatic heterocycles. The molecule has 0 unspecified atom stereocenters. The van der Waals surface area contributed by atoms with Crippen LogP contribution in [-0.2, 0) is 16.4 Å². The van der Waals surface area contributed by atoms with Crippen LogP contribution in [0.5, 0.6) is 11.5 Å². The molecule has 180 valence electrons. The van der Waals surface area contributed by atoms with E-state index in [1.165, 1.54) is 11.4 Å². The number of hydrogen-bond acceptors (Lipinski definition) is 5. The highest BCUT2D eigenvalue weighted by Crippen LogP contribution is 2.38. The van der Waals surface area contributed by atoms with E-state index in [4.69, 9.17) is 21.1 Å². The summed E-state index contributed by atoms with van der Waals surface area (Å²) in [5.74, 6) is 0.595. The maximum atomic E-state index is 13.4. The second kappa shape index (κ2) is 10.8. The zero-order valence-electron chi connectivity index (χ0n) is 19.6.